The van der Waals surface area contributed by atoms with Gasteiger partial charge in [-0.1, -0.05) is 0 Å². The fourth-order valence-electron chi connectivity index (χ4n) is 2.59. The first-order valence-electron chi connectivity index (χ1n) is 7.61. The summed E-state index contributed by atoms with van der Waals surface area (Å²) in [6.45, 7) is 3.79. The number of urea groups is 1. The molecule has 0 aliphatic carbocycles. The molecule has 2 amide bonds. The van der Waals surface area contributed by atoms with Gasteiger partial charge in [-0.05, 0) is 49.8 Å². The summed E-state index contributed by atoms with van der Waals surface area (Å²) in [6.07, 6.45) is 4.13. The lowest BCUT2D eigenvalue weighted by atomic mass is 9.99. The zero-order valence-electron chi connectivity index (χ0n) is 13.1. The van der Waals surface area contributed by atoms with Crippen molar-refractivity contribution in [1.29, 1.82) is 0 Å². The lowest BCUT2D eigenvalue weighted by Crippen LogP contribution is -2.41. The third kappa shape index (κ3) is 4.53. The molecular formula is C16H23FN2O2S. The number of halogens is 1. The smallest absolute Gasteiger partial charge is 0.321 e. The van der Waals surface area contributed by atoms with Gasteiger partial charge in [0.1, 0.15) is 11.6 Å². The minimum absolute atomic E-state index is 0.194. The van der Waals surface area contributed by atoms with Gasteiger partial charge in [-0.2, -0.15) is 11.8 Å². The Labute approximate surface area is 135 Å². The molecule has 6 heteroatoms. The molecule has 1 N–H and O–H groups in total. The number of amides is 2. The second-order valence-electron chi connectivity index (χ2n) is 5.39. The largest absolute Gasteiger partial charge is 0.494 e. The van der Waals surface area contributed by atoms with Crippen LogP contribution in [-0.4, -0.2) is 42.6 Å². The summed E-state index contributed by atoms with van der Waals surface area (Å²) in [6, 6.07) is 4.26. The molecule has 4 nitrogen and oxygen atoms in total. The number of benzene rings is 1. The topological polar surface area (TPSA) is 41.6 Å². The highest BCUT2D eigenvalue weighted by Crippen LogP contribution is 2.23. The van der Waals surface area contributed by atoms with E-state index in [1.54, 1.807) is 17.0 Å². The summed E-state index contributed by atoms with van der Waals surface area (Å²) < 4.78 is 19.2. The summed E-state index contributed by atoms with van der Waals surface area (Å²) in [5.74, 6) is 1.82. The first-order chi connectivity index (χ1) is 10.6. The Morgan fingerprint density at radius 1 is 1.45 bits per heavy atom. The minimum Gasteiger partial charge on any atom is -0.494 e. The van der Waals surface area contributed by atoms with Crippen molar-refractivity contribution in [3.63, 3.8) is 0 Å². The zero-order valence-corrected chi connectivity index (χ0v) is 13.9. The number of carbonyl (C=O) groups is 1. The number of piperidine rings is 1. The Balaban J connectivity index is 1.89. The zero-order chi connectivity index (χ0) is 15.9. The van der Waals surface area contributed by atoms with Crippen LogP contribution in [0, 0.1) is 11.7 Å². The second-order valence-corrected chi connectivity index (χ2v) is 6.30. The molecule has 0 bridgehead atoms. The third-order valence-electron chi connectivity index (χ3n) is 3.80. The molecular weight excluding hydrogens is 303 g/mol. The maximum atomic E-state index is 13.9. The van der Waals surface area contributed by atoms with Crippen LogP contribution in [0.5, 0.6) is 5.75 Å². The summed E-state index contributed by atoms with van der Waals surface area (Å²) in [4.78, 5) is 14.0. The van der Waals surface area contributed by atoms with Crippen molar-refractivity contribution in [3.8, 4) is 5.75 Å². The molecule has 0 aromatic heterocycles. The summed E-state index contributed by atoms with van der Waals surface area (Å²) >= 11 is 1.85. The van der Waals surface area contributed by atoms with Crippen molar-refractivity contribution in [1.82, 2.24) is 4.90 Å². The standard InChI is InChI=1S/C16H23FN2O2S/c1-3-21-13-4-5-15(14(17)10-13)18-16(20)19-8-6-12(7-9-19)11-22-2/h4-5,10,12H,3,6-9,11H2,1-2H3,(H,18,20). The molecule has 0 radical (unpaired) electrons. The molecule has 0 atom stereocenters. The molecule has 1 saturated heterocycles. The predicted molar refractivity (Wildman–Crippen MR) is 89.3 cm³/mol. The van der Waals surface area contributed by atoms with Gasteiger partial charge in [-0.25, -0.2) is 9.18 Å². The fourth-order valence-corrected chi connectivity index (χ4v) is 3.39. The number of hydrogen-bond acceptors (Lipinski definition) is 3. The quantitative estimate of drug-likeness (QED) is 0.894. The molecule has 1 heterocycles. The van der Waals surface area contributed by atoms with Gasteiger partial charge in [0.2, 0.25) is 0 Å². The lowest BCUT2D eigenvalue weighted by molar-refractivity contribution is 0.187. The van der Waals surface area contributed by atoms with Gasteiger partial charge >= 0.3 is 6.03 Å². The Bertz CT molecular complexity index is 505. The van der Waals surface area contributed by atoms with Crippen molar-refractivity contribution in [2.24, 2.45) is 5.92 Å². The first kappa shape index (κ1) is 16.9. The van der Waals surface area contributed by atoms with Gasteiger partial charge in [0.15, 0.2) is 0 Å². The van der Waals surface area contributed by atoms with E-state index in [1.165, 1.54) is 6.07 Å². The van der Waals surface area contributed by atoms with Crippen LogP contribution >= 0.6 is 11.8 Å². The molecule has 1 aliphatic heterocycles. The number of ether oxygens (including phenoxy) is 1. The number of hydrogen-bond donors (Lipinski definition) is 1. The van der Waals surface area contributed by atoms with Crippen LogP contribution in [-0.2, 0) is 0 Å². The molecule has 2 rings (SSSR count). The van der Waals surface area contributed by atoms with Crippen LogP contribution in [0.15, 0.2) is 18.2 Å². The molecule has 1 aliphatic rings. The van der Waals surface area contributed by atoms with E-state index in [9.17, 15) is 9.18 Å². The van der Waals surface area contributed by atoms with E-state index >= 15 is 0 Å². The van der Waals surface area contributed by atoms with Gasteiger partial charge in [0.05, 0.1) is 12.3 Å². The highest BCUT2D eigenvalue weighted by molar-refractivity contribution is 7.98. The van der Waals surface area contributed by atoms with Crippen molar-refractivity contribution in [2.45, 2.75) is 19.8 Å². The molecule has 22 heavy (non-hydrogen) atoms. The number of nitrogens with one attached hydrogen (secondary N) is 1. The third-order valence-corrected chi connectivity index (χ3v) is 4.60. The maximum absolute atomic E-state index is 13.9. The summed E-state index contributed by atoms with van der Waals surface area (Å²) in [5, 5.41) is 2.65. The van der Waals surface area contributed by atoms with E-state index in [0.29, 0.717) is 18.3 Å². The number of anilines is 1. The molecule has 0 unspecified atom stereocenters. The SMILES string of the molecule is CCOc1ccc(NC(=O)N2CCC(CSC)CC2)c(F)c1. The van der Waals surface area contributed by atoms with E-state index in [-0.39, 0.29) is 11.7 Å². The first-order valence-corrected chi connectivity index (χ1v) is 9.00. The Hall–Kier alpha value is -1.43. The minimum atomic E-state index is -0.475. The van der Waals surface area contributed by atoms with Gasteiger partial charge in [-0.15, -0.1) is 0 Å². The van der Waals surface area contributed by atoms with Crippen LogP contribution in [0.2, 0.25) is 0 Å². The fraction of sp³-hybridized carbons (Fsp3) is 0.562. The lowest BCUT2D eigenvalue weighted by Gasteiger charge is -2.31. The average molecular weight is 326 g/mol. The molecule has 122 valence electrons. The van der Waals surface area contributed by atoms with Crippen LogP contribution in [0.1, 0.15) is 19.8 Å². The van der Waals surface area contributed by atoms with E-state index in [4.69, 9.17) is 4.74 Å². The number of nitrogens with zero attached hydrogens (tertiary/aromatic N) is 1. The Kier molecular flexibility index (Phi) is 6.36. The van der Waals surface area contributed by atoms with E-state index in [1.807, 2.05) is 18.7 Å². The number of carbonyl (C=O) groups excluding carboxylic acids is 1. The normalized spacial score (nSPS) is 15.7. The number of likely N-dealkylation sites (tertiary alicyclic amines) is 1. The van der Waals surface area contributed by atoms with E-state index < -0.39 is 5.82 Å². The Morgan fingerprint density at radius 2 is 2.18 bits per heavy atom. The highest BCUT2D eigenvalue weighted by atomic mass is 32.2. The number of thioether (sulfide) groups is 1. The summed E-state index contributed by atoms with van der Waals surface area (Å²) in [7, 11) is 0. The monoisotopic (exact) mass is 326 g/mol. The Morgan fingerprint density at radius 3 is 2.77 bits per heavy atom. The van der Waals surface area contributed by atoms with Crippen molar-refractivity contribution in [2.75, 3.05) is 37.0 Å². The maximum Gasteiger partial charge on any atom is 0.321 e. The molecule has 0 spiro atoms. The molecule has 1 fully saturated rings. The van der Waals surface area contributed by atoms with Gasteiger partial charge in [-0.3, -0.25) is 0 Å². The number of rotatable bonds is 5. The highest BCUT2D eigenvalue weighted by Gasteiger charge is 2.23. The molecule has 1 aromatic rings. The van der Waals surface area contributed by atoms with Crippen LogP contribution in [0.4, 0.5) is 14.9 Å². The molecule has 0 saturated carbocycles. The van der Waals surface area contributed by atoms with Gasteiger partial charge < -0.3 is 15.0 Å². The van der Waals surface area contributed by atoms with Crippen molar-refractivity contribution >= 4 is 23.5 Å². The van der Waals surface area contributed by atoms with Crippen LogP contribution in [0.3, 0.4) is 0 Å². The summed E-state index contributed by atoms with van der Waals surface area (Å²) in [5.41, 5.74) is 0.194. The van der Waals surface area contributed by atoms with E-state index in [2.05, 4.69) is 11.6 Å². The van der Waals surface area contributed by atoms with Crippen LogP contribution in [0.25, 0.3) is 0 Å². The predicted octanol–water partition coefficient (Wildman–Crippen LogP) is 3.83. The molecule has 1 aromatic carbocycles. The van der Waals surface area contributed by atoms with Crippen LogP contribution < -0.4 is 10.1 Å². The van der Waals surface area contributed by atoms with Gasteiger partial charge in [0.25, 0.3) is 0 Å². The average Bonchev–Trinajstić information content (AvgIpc) is 2.51. The van der Waals surface area contributed by atoms with E-state index in [0.717, 1.165) is 31.7 Å². The van der Waals surface area contributed by atoms with Crippen molar-refractivity contribution in [3.05, 3.63) is 24.0 Å². The van der Waals surface area contributed by atoms with Crippen molar-refractivity contribution < 1.29 is 13.9 Å². The van der Waals surface area contributed by atoms with Gasteiger partial charge in [0, 0.05) is 19.2 Å². The second kappa shape index (κ2) is 8.27.